The first kappa shape index (κ1) is 13.9. The van der Waals surface area contributed by atoms with E-state index in [9.17, 15) is 4.79 Å². The first-order valence-electron chi connectivity index (χ1n) is 7.59. The number of hydrogen-bond acceptors (Lipinski definition) is 2. The van der Waals surface area contributed by atoms with Crippen LogP contribution in [0.5, 0.6) is 0 Å². The van der Waals surface area contributed by atoms with Crippen LogP contribution in [0.25, 0.3) is 0 Å². The number of aromatic nitrogens is 2. The van der Waals surface area contributed by atoms with Crippen molar-refractivity contribution in [1.29, 1.82) is 0 Å². The highest BCUT2D eigenvalue weighted by molar-refractivity contribution is 5.92. The van der Waals surface area contributed by atoms with Crippen LogP contribution < -0.4 is 5.32 Å². The van der Waals surface area contributed by atoms with Gasteiger partial charge in [-0.15, -0.1) is 0 Å². The molecule has 3 rings (SSSR count). The van der Waals surface area contributed by atoms with Crippen LogP contribution in [-0.4, -0.2) is 15.7 Å². The molecule has 110 valence electrons. The van der Waals surface area contributed by atoms with Gasteiger partial charge in [-0.25, -0.2) is 0 Å². The van der Waals surface area contributed by atoms with E-state index in [0.29, 0.717) is 6.42 Å². The zero-order valence-electron chi connectivity index (χ0n) is 12.6. The van der Waals surface area contributed by atoms with Crippen LogP contribution in [-0.2, 0) is 37.5 Å². The summed E-state index contributed by atoms with van der Waals surface area (Å²) in [6.07, 6.45) is 4.61. The maximum atomic E-state index is 12.2. The van der Waals surface area contributed by atoms with E-state index >= 15 is 0 Å². The van der Waals surface area contributed by atoms with Gasteiger partial charge in [-0.2, -0.15) is 5.10 Å². The Balaban J connectivity index is 1.69. The summed E-state index contributed by atoms with van der Waals surface area (Å²) >= 11 is 0. The topological polar surface area (TPSA) is 46.9 Å². The van der Waals surface area contributed by atoms with E-state index in [-0.39, 0.29) is 5.91 Å². The molecule has 0 saturated heterocycles. The van der Waals surface area contributed by atoms with Gasteiger partial charge in [-0.3, -0.25) is 9.48 Å². The maximum Gasteiger partial charge on any atom is 0.229 e. The van der Waals surface area contributed by atoms with Crippen molar-refractivity contribution < 1.29 is 4.79 Å². The first-order valence-corrected chi connectivity index (χ1v) is 7.59. The Kier molecular flexibility index (Phi) is 3.78. The summed E-state index contributed by atoms with van der Waals surface area (Å²) in [6, 6.07) is 8.24. The summed E-state index contributed by atoms with van der Waals surface area (Å²) in [4.78, 5) is 12.2. The number of anilines is 1. The fourth-order valence-corrected chi connectivity index (χ4v) is 2.93. The minimum Gasteiger partial charge on any atom is -0.310 e. The van der Waals surface area contributed by atoms with Crippen molar-refractivity contribution in [3.63, 3.8) is 0 Å². The summed E-state index contributed by atoms with van der Waals surface area (Å²) in [6.45, 7) is 2.13. The third-order valence-corrected chi connectivity index (χ3v) is 4.12. The quantitative estimate of drug-likeness (QED) is 0.937. The summed E-state index contributed by atoms with van der Waals surface area (Å²) < 4.78 is 1.79. The fourth-order valence-electron chi connectivity index (χ4n) is 2.93. The summed E-state index contributed by atoms with van der Waals surface area (Å²) in [5.41, 5.74) is 4.69. The Morgan fingerprint density at radius 1 is 1.24 bits per heavy atom. The highest BCUT2D eigenvalue weighted by Crippen LogP contribution is 2.28. The Labute approximate surface area is 125 Å². The van der Waals surface area contributed by atoms with Gasteiger partial charge in [0.2, 0.25) is 5.91 Å². The molecule has 0 atom stereocenters. The second-order valence-electron chi connectivity index (χ2n) is 5.65. The number of hydrogen-bond donors (Lipinski definition) is 1. The van der Waals surface area contributed by atoms with Crippen molar-refractivity contribution in [1.82, 2.24) is 9.78 Å². The lowest BCUT2D eigenvalue weighted by atomic mass is 10.1. The Hall–Kier alpha value is -2.10. The number of aryl methyl sites for hydroxylation is 3. The van der Waals surface area contributed by atoms with Crippen LogP contribution in [0.15, 0.2) is 24.3 Å². The number of carbonyl (C=O) groups is 1. The molecular weight excluding hydrogens is 262 g/mol. The molecule has 0 aliphatic heterocycles. The van der Waals surface area contributed by atoms with E-state index in [1.54, 1.807) is 4.68 Å². The third-order valence-electron chi connectivity index (χ3n) is 4.12. The highest BCUT2D eigenvalue weighted by atomic mass is 16.1. The SMILES string of the molecule is CCc1ccc(CC(=O)Nc2c3c(nn2C)CCC3)cc1. The molecule has 0 spiro atoms. The van der Waals surface area contributed by atoms with Gasteiger partial charge < -0.3 is 5.32 Å². The van der Waals surface area contributed by atoms with E-state index < -0.39 is 0 Å². The molecule has 4 nitrogen and oxygen atoms in total. The molecule has 1 N–H and O–H groups in total. The molecule has 4 heteroatoms. The predicted molar refractivity (Wildman–Crippen MR) is 83.4 cm³/mol. The molecule has 1 aromatic heterocycles. The van der Waals surface area contributed by atoms with E-state index in [1.807, 2.05) is 19.2 Å². The second-order valence-corrected chi connectivity index (χ2v) is 5.65. The lowest BCUT2D eigenvalue weighted by molar-refractivity contribution is -0.115. The van der Waals surface area contributed by atoms with Crippen molar-refractivity contribution in [2.24, 2.45) is 7.05 Å². The van der Waals surface area contributed by atoms with Crippen LogP contribution in [0, 0.1) is 0 Å². The normalized spacial score (nSPS) is 13.2. The molecule has 0 radical (unpaired) electrons. The molecule has 2 aromatic rings. The van der Waals surface area contributed by atoms with Crippen LogP contribution in [0.2, 0.25) is 0 Å². The summed E-state index contributed by atoms with van der Waals surface area (Å²) in [5.74, 6) is 0.898. The van der Waals surface area contributed by atoms with Gasteiger partial charge in [0.05, 0.1) is 12.1 Å². The average Bonchev–Trinajstić information content (AvgIpc) is 3.03. The Morgan fingerprint density at radius 2 is 1.95 bits per heavy atom. The van der Waals surface area contributed by atoms with Crippen LogP contribution in [0.3, 0.4) is 0 Å². The predicted octanol–water partition coefficient (Wildman–Crippen LogP) is 2.65. The molecule has 1 aromatic carbocycles. The van der Waals surface area contributed by atoms with Crippen molar-refractivity contribution in [3.8, 4) is 0 Å². The highest BCUT2D eigenvalue weighted by Gasteiger charge is 2.21. The fraction of sp³-hybridized carbons (Fsp3) is 0.412. The van der Waals surface area contributed by atoms with Crippen molar-refractivity contribution in [2.45, 2.75) is 39.0 Å². The number of nitrogens with one attached hydrogen (secondary N) is 1. The molecule has 1 aliphatic carbocycles. The smallest absolute Gasteiger partial charge is 0.229 e. The number of fused-ring (bicyclic) bond motifs is 1. The number of nitrogens with zero attached hydrogens (tertiary/aromatic N) is 2. The van der Waals surface area contributed by atoms with Gasteiger partial charge in [0.25, 0.3) is 0 Å². The monoisotopic (exact) mass is 283 g/mol. The van der Waals surface area contributed by atoms with E-state index in [1.165, 1.54) is 11.1 Å². The van der Waals surface area contributed by atoms with Crippen LogP contribution >= 0.6 is 0 Å². The van der Waals surface area contributed by atoms with Crippen molar-refractivity contribution in [2.75, 3.05) is 5.32 Å². The van der Waals surface area contributed by atoms with Gasteiger partial charge in [-0.1, -0.05) is 31.2 Å². The number of benzene rings is 1. The summed E-state index contributed by atoms with van der Waals surface area (Å²) in [7, 11) is 1.89. The van der Waals surface area contributed by atoms with E-state index in [2.05, 4.69) is 29.5 Å². The largest absolute Gasteiger partial charge is 0.310 e. The molecular formula is C17H21N3O. The lowest BCUT2D eigenvalue weighted by Gasteiger charge is -2.08. The van der Waals surface area contributed by atoms with E-state index in [4.69, 9.17) is 0 Å². The third kappa shape index (κ3) is 2.84. The van der Waals surface area contributed by atoms with Crippen molar-refractivity contribution in [3.05, 3.63) is 46.6 Å². The molecule has 0 fully saturated rings. The number of carbonyl (C=O) groups excluding carboxylic acids is 1. The lowest BCUT2D eigenvalue weighted by Crippen LogP contribution is -2.17. The molecule has 0 bridgehead atoms. The van der Waals surface area contributed by atoms with Gasteiger partial charge in [-0.05, 0) is 36.8 Å². The van der Waals surface area contributed by atoms with Gasteiger partial charge in [0.1, 0.15) is 5.82 Å². The zero-order chi connectivity index (χ0) is 14.8. The Morgan fingerprint density at radius 3 is 2.67 bits per heavy atom. The second kappa shape index (κ2) is 5.72. The molecule has 1 heterocycles. The number of amides is 1. The molecule has 1 amide bonds. The molecule has 0 saturated carbocycles. The minimum atomic E-state index is 0.0250. The van der Waals surface area contributed by atoms with Crippen molar-refractivity contribution >= 4 is 11.7 Å². The Bertz CT molecular complexity index is 655. The van der Waals surface area contributed by atoms with Crippen LogP contribution in [0.4, 0.5) is 5.82 Å². The number of rotatable bonds is 4. The first-order chi connectivity index (χ1) is 10.2. The molecule has 0 unspecified atom stereocenters. The van der Waals surface area contributed by atoms with Gasteiger partial charge >= 0.3 is 0 Å². The zero-order valence-corrected chi connectivity index (χ0v) is 12.6. The van der Waals surface area contributed by atoms with Gasteiger partial charge in [0, 0.05) is 12.6 Å². The average molecular weight is 283 g/mol. The standard InChI is InChI=1S/C17H21N3O/c1-3-12-7-9-13(10-8-12)11-16(21)18-17-14-5-4-6-15(14)19-20(17)2/h7-10H,3-6,11H2,1-2H3,(H,18,21). The molecule has 21 heavy (non-hydrogen) atoms. The molecule has 1 aliphatic rings. The summed E-state index contributed by atoms with van der Waals surface area (Å²) in [5, 5.41) is 7.51. The maximum absolute atomic E-state index is 12.2. The van der Waals surface area contributed by atoms with E-state index in [0.717, 1.165) is 42.8 Å². The van der Waals surface area contributed by atoms with Crippen LogP contribution in [0.1, 0.15) is 35.7 Å². The minimum absolute atomic E-state index is 0.0250. The van der Waals surface area contributed by atoms with Gasteiger partial charge in [0.15, 0.2) is 0 Å².